The third-order valence-electron chi connectivity index (χ3n) is 2.03. The molecule has 18 heavy (non-hydrogen) atoms. The maximum absolute atomic E-state index is 10.9. The summed E-state index contributed by atoms with van der Waals surface area (Å²) in [6.07, 6.45) is 1.52. The molecule has 0 atom stereocenters. The smallest absolute Gasteiger partial charge is 0.311 e. The second-order valence-corrected chi connectivity index (χ2v) is 5.84. The number of rotatable bonds is 6. The number of nitro groups is 1. The summed E-state index contributed by atoms with van der Waals surface area (Å²) in [6.45, 7) is -0.180. The van der Waals surface area contributed by atoms with Gasteiger partial charge in [0.2, 0.25) is 0 Å². The first kappa shape index (κ1) is 14.1. The van der Waals surface area contributed by atoms with Gasteiger partial charge in [0.25, 0.3) is 0 Å². The Labute approximate surface area is 103 Å². The average Bonchev–Trinajstić information content (AvgIpc) is 2.27. The molecule has 0 N–H and O–H groups in total. The first-order chi connectivity index (χ1) is 8.33. The summed E-state index contributed by atoms with van der Waals surface area (Å²) in [5.74, 6) is -0.297. The molecule has 0 aliphatic rings. The van der Waals surface area contributed by atoms with Gasteiger partial charge in [-0.3, -0.25) is 14.9 Å². The van der Waals surface area contributed by atoms with Crippen LogP contribution < -0.4 is 4.74 Å². The molecule has 7 nitrogen and oxygen atoms in total. The van der Waals surface area contributed by atoms with E-state index in [0.29, 0.717) is 6.29 Å². The van der Waals surface area contributed by atoms with Crippen molar-refractivity contribution in [3.8, 4) is 5.75 Å². The lowest BCUT2D eigenvalue weighted by Crippen LogP contribution is -2.12. The highest BCUT2D eigenvalue weighted by atomic mass is 32.2. The fraction of sp³-hybridized carbons (Fsp3) is 0.300. The average molecular weight is 273 g/mol. The van der Waals surface area contributed by atoms with E-state index in [1.807, 2.05) is 0 Å². The van der Waals surface area contributed by atoms with E-state index < -0.39 is 14.8 Å². The van der Waals surface area contributed by atoms with Crippen molar-refractivity contribution in [1.82, 2.24) is 0 Å². The number of ether oxygens (including phenoxy) is 1. The predicted octanol–water partition coefficient (Wildman–Crippen LogP) is 0.831. The number of nitro benzene ring substituents is 1. The molecular formula is C10H11NO6S. The zero-order valence-electron chi connectivity index (χ0n) is 9.53. The van der Waals surface area contributed by atoms with Gasteiger partial charge >= 0.3 is 5.69 Å². The van der Waals surface area contributed by atoms with Gasteiger partial charge in [0.05, 0.1) is 10.7 Å². The van der Waals surface area contributed by atoms with Gasteiger partial charge in [-0.05, 0) is 12.1 Å². The molecule has 1 aromatic rings. The molecule has 0 aromatic heterocycles. The number of hydrogen-bond donors (Lipinski definition) is 0. The molecule has 0 fully saturated rings. The molecule has 0 saturated heterocycles. The predicted molar refractivity (Wildman–Crippen MR) is 63.7 cm³/mol. The Morgan fingerprint density at radius 3 is 2.61 bits per heavy atom. The molecule has 0 spiro atoms. The Bertz CT molecular complexity index is 566. The summed E-state index contributed by atoms with van der Waals surface area (Å²) in [4.78, 5) is 20.5. The van der Waals surface area contributed by atoms with Gasteiger partial charge in [0.15, 0.2) is 15.6 Å². The zero-order valence-corrected chi connectivity index (χ0v) is 10.3. The van der Waals surface area contributed by atoms with Crippen LogP contribution in [0.2, 0.25) is 0 Å². The Kier molecular flexibility index (Phi) is 4.38. The molecular weight excluding hydrogens is 262 g/mol. The third kappa shape index (κ3) is 4.13. The van der Waals surface area contributed by atoms with Crippen LogP contribution in [0.1, 0.15) is 10.4 Å². The van der Waals surface area contributed by atoms with Crippen LogP contribution in [0, 0.1) is 10.1 Å². The van der Waals surface area contributed by atoms with Gasteiger partial charge in [-0.1, -0.05) is 0 Å². The van der Waals surface area contributed by atoms with Crippen LogP contribution in [0.25, 0.3) is 0 Å². The first-order valence-electron chi connectivity index (χ1n) is 4.87. The van der Waals surface area contributed by atoms with Crippen LogP contribution >= 0.6 is 0 Å². The summed E-state index contributed by atoms with van der Waals surface area (Å²) in [6, 6.07) is 3.70. The summed E-state index contributed by atoms with van der Waals surface area (Å²) in [5.41, 5.74) is -0.217. The Morgan fingerprint density at radius 1 is 1.44 bits per heavy atom. The van der Waals surface area contributed by atoms with E-state index in [9.17, 15) is 23.3 Å². The fourth-order valence-electron chi connectivity index (χ4n) is 1.18. The first-order valence-corrected chi connectivity index (χ1v) is 6.93. The van der Waals surface area contributed by atoms with Crippen LogP contribution in [0.4, 0.5) is 5.69 Å². The molecule has 8 heteroatoms. The molecule has 0 saturated carbocycles. The lowest BCUT2D eigenvalue weighted by molar-refractivity contribution is -0.385. The topological polar surface area (TPSA) is 104 Å². The molecule has 1 rings (SSSR count). The third-order valence-corrected chi connectivity index (χ3v) is 2.94. The quantitative estimate of drug-likeness (QED) is 0.432. The normalized spacial score (nSPS) is 10.9. The van der Waals surface area contributed by atoms with E-state index in [1.54, 1.807) is 0 Å². The van der Waals surface area contributed by atoms with Crippen molar-refractivity contribution in [2.24, 2.45) is 0 Å². The minimum Gasteiger partial charge on any atom is -0.486 e. The summed E-state index contributed by atoms with van der Waals surface area (Å²) < 4.78 is 26.8. The van der Waals surface area contributed by atoms with Gasteiger partial charge in [0.1, 0.15) is 12.9 Å². The monoisotopic (exact) mass is 273 g/mol. The highest BCUT2D eigenvalue weighted by Gasteiger charge is 2.16. The number of sulfone groups is 1. The molecule has 0 aliphatic heterocycles. The Balaban J connectivity index is 2.88. The number of hydrogen-bond acceptors (Lipinski definition) is 6. The van der Waals surface area contributed by atoms with Crippen LogP contribution in [-0.2, 0) is 9.84 Å². The Hall–Kier alpha value is -1.96. The van der Waals surface area contributed by atoms with E-state index >= 15 is 0 Å². The molecule has 0 unspecified atom stereocenters. The van der Waals surface area contributed by atoms with Crippen LogP contribution in [0.5, 0.6) is 5.75 Å². The van der Waals surface area contributed by atoms with Gasteiger partial charge in [0, 0.05) is 17.9 Å². The number of aldehydes is 1. The second kappa shape index (κ2) is 5.58. The lowest BCUT2D eigenvalue weighted by atomic mass is 10.2. The Morgan fingerprint density at radius 2 is 2.11 bits per heavy atom. The highest BCUT2D eigenvalue weighted by molar-refractivity contribution is 7.90. The molecule has 1 aromatic carbocycles. The molecule has 0 bridgehead atoms. The number of benzene rings is 1. The highest BCUT2D eigenvalue weighted by Crippen LogP contribution is 2.27. The van der Waals surface area contributed by atoms with Crippen molar-refractivity contribution in [1.29, 1.82) is 0 Å². The van der Waals surface area contributed by atoms with Gasteiger partial charge in [-0.15, -0.1) is 0 Å². The van der Waals surface area contributed by atoms with Gasteiger partial charge in [-0.25, -0.2) is 8.42 Å². The fourth-order valence-corrected chi connectivity index (χ4v) is 1.56. The summed E-state index contributed by atoms with van der Waals surface area (Å²) >= 11 is 0. The van der Waals surface area contributed by atoms with E-state index in [2.05, 4.69) is 0 Å². The second-order valence-electron chi connectivity index (χ2n) is 3.58. The SMILES string of the molecule is CS(=O)(=O)CCOc1ccc(C=O)cc1[N+](=O)[O-]. The van der Waals surface area contributed by atoms with Gasteiger partial charge in [-0.2, -0.15) is 0 Å². The summed E-state index contributed by atoms with van der Waals surface area (Å²) in [7, 11) is -3.19. The molecule has 0 radical (unpaired) electrons. The molecule has 98 valence electrons. The van der Waals surface area contributed by atoms with E-state index in [4.69, 9.17) is 4.74 Å². The van der Waals surface area contributed by atoms with E-state index in [-0.39, 0.29) is 29.4 Å². The van der Waals surface area contributed by atoms with E-state index in [1.165, 1.54) is 12.1 Å². The van der Waals surface area contributed by atoms with Gasteiger partial charge < -0.3 is 4.74 Å². The number of carbonyl (C=O) groups excluding carboxylic acids is 1. The van der Waals surface area contributed by atoms with Crippen molar-refractivity contribution in [2.45, 2.75) is 0 Å². The molecule has 0 amide bonds. The maximum atomic E-state index is 10.9. The summed E-state index contributed by atoms with van der Waals surface area (Å²) in [5, 5.41) is 10.7. The van der Waals surface area contributed by atoms with Crippen molar-refractivity contribution >= 4 is 21.8 Å². The largest absolute Gasteiger partial charge is 0.486 e. The maximum Gasteiger partial charge on any atom is 0.311 e. The van der Waals surface area contributed by atoms with Crippen molar-refractivity contribution in [3.63, 3.8) is 0 Å². The molecule has 0 heterocycles. The minimum absolute atomic E-state index is 0.0609. The van der Waals surface area contributed by atoms with Crippen molar-refractivity contribution in [2.75, 3.05) is 18.6 Å². The lowest BCUT2D eigenvalue weighted by Gasteiger charge is -2.06. The number of carbonyl (C=O) groups is 1. The standard InChI is InChI=1S/C10H11NO6S/c1-18(15,16)5-4-17-10-3-2-8(7-12)6-9(10)11(13)14/h2-3,6-7H,4-5H2,1H3. The zero-order chi connectivity index (χ0) is 13.8. The number of nitrogens with zero attached hydrogens (tertiary/aromatic N) is 1. The van der Waals surface area contributed by atoms with Crippen LogP contribution in [0.3, 0.4) is 0 Å². The molecule has 0 aliphatic carbocycles. The minimum atomic E-state index is -3.19. The van der Waals surface area contributed by atoms with Crippen LogP contribution in [0.15, 0.2) is 18.2 Å². The van der Waals surface area contributed by atoms with Crippen LogP contribution in [-0.4, -0.2) is 38.2 Å². The van der Waals surface area contributed by atoms with E-state index in [0.717, 1.165) is 12.3 Å². The van der Waals surface area contributed by atoms with Crippen molar-refractivity contribution < 1.29 is 22.9 Å². The van der Waals surface area contributed by atoms with Crippen molar-refractivity contribution in [3.05, 3.63) is 33.9 Å².